The molecule has 1 aliphatic carbocycles. The highest BCUT2D eigenvalue weighted by atomic mass is 19.1. The third kappa shape index (κ3) is 3.96. The largest absolute Gasteiger partial charge is 0.481 e. The molecule has 5 rings (SSSR count). The normalized spacial score (nSPS) is 17.6. The summed E-state index contributed by atoms with van der Waals surface area (Å²) < 4.78 is 34.2. The first kappa shape index (κ1) is 20.6. The van der Waals surface area contributed by atoms with Crippen LogP contribution in [-0.4, -0.2) is 36.2 Å². The summed E-state index contributed by atoms with van der Waals surface area (Å²) in [6.45, 7) is 1.88. The maximum absolute atomic E-state index is 14.4. The topological polar surface area (TPSA) is 59.1 Å². The van der Waals surface area contributed by atoms with E-state index in [0.29, 0.717) is 23.1 Å². The molecule has 0 saturated carbocycles. The summed E-state index contributed by atoms with van der Waals surface area (Å²) in [4.78, 5) is 9.21. The molecule has 0 spiro atoms. The third-order valence-electron chi connectivity index (χ3n) is 6.00. The summed E-state index contributed by atoms with van der Waals surface area (Å²) in [6.07, 6.45) is 4.96. The molecular formula is C25H24F2N4O. The van der Waals surface area contributed by atoms with Crippen LogP contribution in [0.15, 0.2) is 48.5 Å². The molecule has 164 valence electrons. The van der Waals surface area contributed by atoms with Crippen molar-refractivity contribution < 1.29 is 13.5 Å². The van der Waals surface area contributed by atoms with E-state index in [0.717, 1.165) is 49.1 Å². The Balaban J connectivity index is 1.51. The van der Waals surface area contributed by atoms with Crippen LogP contribution in [0.1, 0.15) is 29.7 Å². The van der Waals surface area contributed by atoms with Crippen molar-refractivity contribution in [1.82, 2.24) is 15.3 Å². The molecule has 2 heterocycles. The average molecular weight is 434 g/mol. The number of anilines is 1. The van der Waals surface area contributed by atoms with E-state index in [9.17, 15) is 8.78 Å². The van der Waals surface area contributed by atoms with Crippen LogP contribution in [0.4, 0.5) is 14.7 Å². The zero-order valence-corrected chi connectivity index (χ0v) is 17.8. The second-order valence-corrected chi connectivity index (χ2v) is 8.10. The molecule has 1 atom stereocenters. The Kier molecular flexibility index (Phi) is 5.57. The molecule has 0 amide bonds. The van der Waals surface area contributed by atoms with Crippen molar-refractivity contribution in [2.45, 2.75) is 25.3 Å². The van der Waals surface area contributed by atoms with Crippen molar-refractivity contribution >= 4 is 11.5 Å². The number of methoxy groups -OCH3 is 1. The van der Waals surface area contributed by atoms with E-state index >= 15 is 0 Å². The summed E-state index contributed by atoms with van der Waals surface area (Å²) >= 11 is 0. The van der Waals surface area contributed by atoms with Crippen LogP contribution in [0.3, 0.4) is 0 Å². The SMILES string of the molecule is COc1cc(C2=CCc3ccc(-c4c(F)cccc4F)cc32)nc(N[C@@H]2CCCNC2)n1. The van der Waals surface area contributed by atoms with Gasteiger partial charge < -0.3 is 15.4 Å². The van der Waals surface area contributed by atoms with Crippen LogP contribution in [0.25, 0.3) is 16.7 Å². The van der Waals surface area contributed by atoms with Gasteiger partial charge in [0, 0.05) is 24.2 Å². The van der Waals surface area contributed by atoms with E-state index < -0.39 is 11.6 Å². The third-order valence-corrected chi connectivity index (χ3v) is 6.00. The van der Waals surface area contributed by atoms with E-state index in [-0.39, 0.29) is 11.6 Å². The number of nitrogens with one attached hydrogen (secondary N) is 2. The van der Waals surface area contributed by atoms with Gasteiger partial charge in [-0.05, 0) is 60.7 Å². The summed E-state index contributed by atoms with van der Waals surface area (Å²) in [7, 11) is 1.58. The lowest BCUT2D eigenvalue weighted by Gasteiger charge is -2.24. The van der Waals surface area contributed by atoms with Crippen molar-refractivity contribution in [2.75, 3.05) is 25.5 Å². The van der Waals surface area contributed by atoms with E-state index in [1.54, 1.807) is 19.2 Å². The fourth-order valence-electron chi connectivity index (χ4n) is 4.39. The number of benzene rings is 2. The number of ether oxygens (including phenoxy) is 1. The standard InChI is InChI=1S/C25H24F2N4O/c1-32-23-13-22(30-25(31-23)29-17-4-3-11-28-14-17)18-10-9-15-7-8-16(12-19(15)18)24-20(26)5-2-6-21(24)27/h2,5-8,10,12-13,17,28H,3-4,9,11,14H2,1H3,(H,29,30,31)/t17-/m1/s1. The number of halogens is 2. The van der Waals surface area contributed by atoms with Crippen LogP contribution in [0.5, 0.6) is 5.88 Å². The Hall–Kier alpha value is -3.32. The number of rotatable bonds is 5. The molecule has 1 aliphatic heterocycles. The van der Waals surface area contributed by atoms with Gasteiger partial charge in [0.1, 0.15) is 11.6 Å². The van der Waals surface area contributed by atoms with Gasteiger partial charge in [0.2, 0.25) is 11.8 Å². The molecule has 2 aromatic carbocycles. The number of allylic oxidation sites excluding steroid dienone is 1. The van der Waals surface area contributed by atoms with Gasteiger partial charge in [0.15, 0.2) is 0 Å². The molecular weight excluding hydrogens is 410 g/mol. The lowest BCUT2D eigenvalue weighted by molar-refractivity contribution is 0.396. The fourth-order valence-corrected chi connectivity index (χ4v) is 4.39. The van der Waals surface area contributed by atoms with Crippen molar-refractivity contribution in [3.63, 3.8) is 0 Å². The minimum absolute atomic E-state index is 0.0195. The van der Waals surface area contributed by atoms with Crippen LogP contribution in [0, 0.1) is 11.6 Å². The minimum Gasteiger partial charge on any atom is -0.481 e. The maximum atomic E-state index is 14.4. The zero-order chi connectivity index (χ0) is 22.1. The summed E-state index contributed by atoms with van der Waals surface area (Å²) in [5, 5.41) is 6.78. The van der Waals surface area contributed by atoms with Gasteiger partial charge in [-0.15, -0.1) is 0 Å². The molecule has 3 aromatic rings. The Bertz CT molecular complexity index is 1170. The minimum atomic E-state index is -0.579. The van der Waals surface area contributed by atoms with Crippen molar-refractivity contribution in [1.29, 1.82) is 0 Å². The summed E-state index contributed by atoms with van der Waals surface area (Å²) in [6, 6.07) is 11.5. The van der Waals surface area contributed by atoms with Gasteiger partial charge in [-0.25, -0.2) is 13.8 Å². The molecule has 5 nitrogen and oxygen atoms in total. The zero-order valence-electron chi connectivity index (χ0n) is 17.8. The molecule has 1 aromatic heterocycles. The van der Waals surface area contributed by atoms with Crippen molar-refractivity contribution in [3.05, 3.63) is 77.0 Å². The van der Waals surface area contributed by atoms with E-state index in [1.165, 1.54) is 18.2 Å². The van der Waals surface area contributed by atoms with E-state index in [1.807, 2.05) is 12.1 Å². The molecule has 0 radical (unpaired) electrons. The van der Waals surface area contributed by atoms with Gasteiger partial charge in [0.25, 0.3) is 0 Å². The number of hydrogen-bond donors (Lipinski definition) is 2. The molecule has 32 heavy (non-hydrogen) atoms. The smallest absolute Gasteiger partial charge is 0.226 e. The first-order chi connectivity index (χ1) is 15.6. The lowest BCUT2D eigenvalue weighted by Crippen LogP contribution is -2.38. The second-order valence-electron chi connectivity index (χ2n) is 8.10. The van der Waals surface area contributed by atoms with Gasteiger partial charge in [0.05, 0.1) is 18.4 Å². The maximum Gasteiger partial charge on any atom is 0.226 e. The highest BCUT2D eigenvalue weighted by molar-refractivity contribution is 5.86. The predicted molar refractivity (Wildman–Crippen MR) is 121 cm³/mol. The first-order valence-electron chi connectivity index (χ1n) is 10.8. The van der Waals surface area contributed by atoms with Crippen LogP contribution in [-0.2, 0) is 6.42 Å². The molecule has 2 N–H and O–H groups in total. The average Bonchev–Trinajstić information content (AvgIpc) is 3.23. The first-order valence-corrected chi connectivity index (χ1v) is 10.8. The fraction of sp³-hybridized carbons (Fsp3) is 0.280. The molecule has 1 fully saturated rings. The van der Waals surface area contributed by atoms with Crippen molar-refractivity contribution in [3.8, 4) is 17.0 Å². The molecule has 0 bridgehead atoms. The highest BCUT2D eigenvalue weighted by Gasteiger charge is 2.22. The Morgan fingerprint density at radius 3 is 2.69 bits per heavy atom. The number of aromatic nitrogens is 2. The molecule has 1 saturated heterocycles. The van der Waals surface area contributed by atoms with E-state index in [2.05, 4.69) is 21.7 Å². The predicted octanol–water partition coefficient (Wildman–Crippen LogP) is 4.58. The van der Waals surface area contributed by atoms with Crippen LogP contribution < -0.4 is 15.4 Å². The van der Waals surface area contributed by atoms with E-state index in [4.69, 9.17) is 9.72 Å². The van der Waals surface area contributed by atoms with Gasteiger partial charge in [-0.3, -0.25) is 0 Å². The monoisotopic (exact) mass is 434 g/mol. The number of hydrogen-bond acceptors (Lipinski definition) is 5. The van der Waals surface area contributed by atoms with Crippen LogP contribution >= 0.6 is 0 Å². The summed E-state index contributed by atoms with van der Waals surface area (Å²) in [5.74, 6) is -0.180. The van der Waals surface area contributed by atoms with Gasteiger partial charge in [-0.2, -0.15) is 4.98 Å². The molecule has 7 heteroatoms. The Morgan fingerprint density at radius 2 is 1.94 bits per heavy atom. The quantitative estimate of drug-likeness (QED) is 0.616. The Labute approximate surface area is 185 Å². The molecule has 2 aliphatic rings. The second kappa shape index (κ2) is 8.67. The Morgan fingerprint density at radius 1 is 1.09 bits per heavy atom. The summed E-state index contributed by atoms with van der Waals surface area (Å²) in [5.41, 5.74) is 4.10. The molecule has 0 unspecified atom stereocenters. The number of piperidine rings is 1. The van der Waals surface area contributed by atoms with Gasteiger partial charge in [-0.1, -0.05) is 24.3 Å². The number of fused-ring (bicyclic) bond motifs is 1. The lowest BCUT2D eigenvalue weighted by atomic mass is 9.96. The number of nitrogens with zero attached hydrogens (tertiary/aromatic N) is 2. The van der Waals surface area contributed by atoms with Crippen molar-refractivity contribution in [2.24, 2.45) is 0 Å². The highest BCUT2D eigenvalue weighted by Crippen LogP contribution is 2.37. The van der Waals surface area contributed by atoms with Gasteiger partial charge >= 0.3 is 0 Å². The van der Waals surface area contributed by atoms with Crippen LogP contribution in [0.2, 0.25) is 0 Å².